The number of halogens is 1. The second-order valence-corrected chi connectivity index (χ2v) is 10.8. The molecule has 2 aromatic carbocycles. The molecule has 8 heteroatoms. The number of benzene rings is 2. The Kier molecular flexibility index (Phi) is 6.13. The van der Waals surface area contributed by atoms with Gasteiger partial charge in [0.2, 0.25) is 5.91 Å². The van der Waals surface area contributed by atoms with Crippen LogP contribution in [0.15, 0.2) is 68.4 Å². The Morgan fingerprint density at radius 3 is 2.28 bits per heavy atom. The van der Waals surface area contributed by atoms with Crippen LogP contribution in [0.2, 0.25) is 0 Å². The molecule has 0 N–H and O–H groups in total. The summed E-state index contributed by atoms with van der Waals surface area (Å²) in [7, 11) is -3.91. The number of rotatable bonds is 4. The minimum absolute atomic E-state index is 0.0105. The Hall–Kier alpha value is -1.64. The number of hydrogen-bond donors (Lipinski definition) is 0. The first-order valence-electron chi connectivity index (χ1n) is 9.61. The average molecular weight is 493 g/mol. The highest BCUT2D eigenvalue weighted by Gasteiger charge is 2.43. The van der Waals surface area contributed by atoms with Crippen molar-refractivity contribution >= 4 is 48.8 Å². The fourth-order valence-corrected chi connectivity index (χ4v) is 6.46. The van der Waals surface area contributed by atoms with Crippen molar-refractivity contribution < 1.29 is 13.2 Å². The zero-order chi connectivity index (χ0) is 20.4. The lowest BCUT2D eigenvalue weighted by Gasteiger charge is -2.30. The van der Waals surface area contributed by atoms with E-state index >= 15 is 0 Å². The van der Waals surface area contributed by atoms with Gasteiger partial charge >= 0.3 is 0 Å². The van der Waals surface area contributed by atoms with Crippen LogP contribution in [0.5, 0.6) is 0 Å². The fourth-order valence-electron chi connectivity index (χ4n) is 3.77. The molecule has 1 aliphatic heterocycles. The van der Waals surface area contributed by atoms with Crippen molar-refractivity contribution in [2.45, 2.75) is 48.3 Å². The maximum atomic E-state index is 13.3. The third-order valence-corrected chi connectivity index (χ3v) is 8.38. The van der Waals surface area contributed by atoms with Crippen LogP contribution in [0.4, 0.5) is 0 Å². The van der Waals surface area contributed by atoms with Gasteiger partial charge in [0, 0.05) is 10.5 Å². The summed E-state index contributed by atoms with van der Waals surface area (Å²) in [5, 5.41) is -0.171. The molecular weight excluding hydrogens is 472 g/mol. The lowest BCUT2D eigenvalue weighted by Crippen LogP contribution is -2.41. The molecule has 1 saturated heterocycles. The molecule has 1 saturated carbocycles. The summed E-state index contributed by atoms with van der Waals surface area (Å²) in [6, 6.07) is 15.9. The minimum atomic E-state index is -3.91. The van der Waals surface area contributed by atoms with E-state index in [1.165, 1.54) is 23.9 Å². The highest BCUT2D eigenvalue weighted by Crippen LogP contribution is 2.43. The van der Waals surface area contributed by atoms with Crippen LogP contribution in [0.25, 0.3) is 0 Å². The van der Waals surface area contributed by atoms with Gasteiger partial charge in [-0.1, -0.05) is 77.3 Å². The van der Waals surface area contributed by atoms with Crippen molar-refractivity contribution in [1.82, 2.24) is 4.90 Å². The van der Waals surface area contributed by atoms with E-state index < -0.39 is 15.3 Å². The van der Waals surface area contributed by atoms with Crippen LogP contribution in [0, 0.1) is 0 Å². The number of sulfonamides is 1. The predicted molar refractivity (Wildman–Crippen MR) is 119 cm³/mol. The van der Waals surface area contributed by atoms with Crippen LogP contribution in [-0.2, 0) is 14.8 Å². The number of nitrogens with zero attached hydrogens (tertiary/aromatic N) is 2. The average Bonchev–Trinajstić information content (AvgIpc) is 3.05. The molecule has 0 aromatic heterocycles. The Morgan fingerprint density at radius 1 is 0.966 bits per heavy atom. The summed E-state index contributed by atoms with van der Waals surface area (Å²) in [4.78, 5) is 15.1. The molecule has 0 spiro atoms. The zero-order valence-electron chi connectivity index (χ0n) is 15.7. The molecule has 1 atom stereocenters. The fraction of sp³-hybridized carbons (Fsp3) is 0.333. The van der Waals surface area contributed by atoms with E-state index in [1.807, 2.05) is 30.3 Å². The molecule has 2 aromatic rings. The van der Waals surface area contributed by atoms with Gasteiger partial charge in [-0.25, -0.2) is 0 Å². The van der Waals surface area contributed by atoms with Crippen LogP contribution >= 0.6 is 27.7 Å². The molecule has 1 heterocycles. The van der Waals surface area contributed by atoms with Crippen molar-refractivity contribution in [3.05, 3.63) is 64.6 Å². The summed E-state index contributed by atoms with van der Waals surface area (Å²) in [6.07, 6.45) is 5.00. The molecule has 1 aliphatic carbocycles. The molecule has 29 heavy (non-hydrogen) atoms. The summed E-state index contributed by atoms with van der Waals surface area (Å²) >= 11 is 4.55. The Morgan fingerprint density at radius 2 is 1.62 bits per heavy atom. The molecule has 2 fully saturated rings. The molecule has 1 amide bonds. The Bertz CT molecular complexity index is 1020. The van der Waals surface area contributed by atoms with Crippen molar-refractivity contribution in [2.24, 2.45) is 4.40 Å². The SMILES string of the molecule is O=C1C(c2ccccc2)S/C(=N/S(=O)(=O)c2ccc(Br)cc2)N1C1CCCCC1. The first kappa shape index (κ1) is 20.6. The first-order valence-corrected chi connectivity index (χ1v) is 12.7. The monoisotopic (exact) mass is 492 g/mol. The molecule has 152 valence electrons. The Labute approximate surface area is 183 Å². The number of hydrogen-bond acceptors (Lipinski definition) is 4. The van der Waals surface area contributed by atoms with Crippen molar-refractivity contribution in [1.29, 1.82) is 0 Å². The van der Waals surface area contributed by atoms with Gasteiger partial charge in [0.15, 0.2) is 5.17 Å². The van der Waals surface area contributed by atoms with E-state index in [4.69, 9.17) is 0 Å². The predicted octanol–water partition coefficient (Wildman–Crippen LogP) is 5.14. The first-order chi connectivity index (χ1) is 14.0. The van der Waals surface area contributed by atoms with Gasteiger partial charge in [-0.15, -0.1) is 4.40 Å². The maximum Gasteiger partial charge on any atom is 0.284 e. The summed E-state index contributed by atoms with van der Waals surface area (Å²) in [6.45, 7) is 0. The van der Waals surface area contributed by atoms with Crippen molar-refractivity contribution in [2.75, 3.05) is 0 Å². The number of carbonyl (C=O) groups is 1. The lowest BCUT2D eigenvalue weighted by atomic mass is 9.94. The quantitative estimate of drug-likeness (QED) is 0.592. The molecule has 4 rings (SSSR count). The van der Waals surface area contributed by atoms with E-state index in [-0.39, 0.29) is 16.8 Å². The standard InChI is InChI=1S/C21H21BrN2O3S2/c22-16-11-13-18(14-12-16)29(26,27)23-21-24(17-9-5-2-6-10-17)20(25)19(28-21)15-7-3-1-4-8-15/h1,3-4,7-8,11-14,17,19H,2,5-6,9-10H2/b23-21+. The Balaban J connectivity index is 1.72. The van der Waals surface area contributed by atoms with Crippen LogP contribution in [-0.4, -0.2) is 30.4 Å². The second kappa shape index (κ2) is 8.62. The third-order valence-electron chi connectivity index (χ3n) is 5.24. The number of amides is 1. The molecule has 1 unspecified atom stereocenters. The van der Waals surface area contributed by atoms with E-state index in [2.05, 4.69) is 20.3 Å². The number of amidine groups is 1. The van der Waals surface area contributed by atoms with Crippen LogP contribution < -0.4 is 0 Å². The molecule has 0 bridgehead atoms. The largest absolute Gasteiger partial charge is 0.286 e. The molecule has 2 aliphatic rings. The molecular formula is C21H21BrN2O3S2. The van der Waals surface area contributed by atoms with Crippen LogP contribution in [0.1, 0.15) is 42.9 Å². The van der Waals surface area contributed by atoms with E-state index in [0.717, 1.165) is 42.1 Å². The second-order valence-electron chi connectivity index (χ2n) is 7.21. The van der Waals surface area contributed by atoms with Gasteiger partial charge in [0.05, 0.1) is 4.90 Å². The zero-order valence-corrected chi connectivity index (χ0v) is 18.9. The normalized spacial score (nSPS) is 22.4. The number of thioether (sulfide) groups is 1. The topological polar surface area (TPSA) is 66.8 Å². The van der Waals surface area contributed by atoms with E-state index in [0.29, 0.717) is 5.17 Å². The van der Waals surface area contributed by atoms with Gasteiger partial charge < -0.3 is 0 Å². The van der Waals surface area contributed by atoms with E-state index in [9.17, 15) is 13.2 Å². The highest BCUT2D eigenvalue weighted by atomic mass is 79.9. The van der Waals surface area contributed by atoms with Gasteiger partial charge in [0.1, 0.15) is 5.25 Å². The molecule has 0 radical (unpaired) electrons. The molecule has 5 nitrogen and oxygen atoms in total. The smallest absolute Gasteiger partial charge is 0.284 e. The van der Waals surface area contributed by atoms with E-state index in [1.54, 1.807) is 17.0 Å². The third kappa shape index (κ3) is 4.44. The summed E-state index contributed by atoms with van der Waals surface area (Å²) in [5.41, 5.74) is 0.870. The highest BCUT2D eigenvalue weighted by molar-refractivity contribution is 9.10. The van der Waals surface area contributed by atoms with Crippen molar-refractivity contribution in [3.63, 3.8) is 0 Å². The summed E-state index contributed by atoms with van der Waals surface area (Å²) < 4.78 is 30.8. The number of carbonyl (C=O) groups excluding carboxylic acids is 1. The van der Waals surface area contributed by atoms with Crippen LogP contribution in [0.3, 0.4) is 0 Å². The summed E-state index contributed by atoms with van der Waals surface area (Å²) in [5.74, 6) is -0.0714. The van der Waals surface area contributed by atoms with Gasteiger partial charge in [-0.2, -0.15) is 8.42 Å². The van der Waals surface area contributed by atoms with Gasteiger partial charge in [0.25, 0.3) is 10.0 Å². The maximum absolute atomic E-state index is 13.3. The van der Waals surface area contributed by atoms with Gasteiger partial charge in [-0.3, -0.25) is 9.69 Å². The van der Waals surface area contributed by atoms with Gasteiger partial charge in [-0.05, 0) is 42.7 Å². The lowest BCUT2D eigenvalue weighted by molar-refractivity contribution is -0.128. The van der Waals surface area contributed by atoms with Crippen molar-refractivity contribution in [3.8, 4) is 0 Å². The minimum Gasteiger partial charge on any atom is -0.286 e.